The predicted octanol–water partition coefficient (Wildman–Crippen LogP) is 3.48. The molecule has 0 saturated carbocycles. The van der Waals surface area contributed by atoms with E-state index in [2.05, 4.69) is 29.2 Å². The van der Waals surface area contributed by atoms with Crippen molar-refractivity contribution >= 4 is 16.8 Å². The van der Waals surface area contributed by atoms with Gasteiger partial charge < -0.3 is 14.6 Å². The highest BCUT2D eigenvalue weighted by Gasteiger charge is 2.21. The molecule has 128 valence electrons. The number of benzene rings is 2. The van der Waals surface area contributed by atoms with Gasteiger partial charge in [0, 0.05) is 36.1 Å². The Morgan fingerprint density at radius 3 is 2.68 bits per heavy atom. The highest BCUT2D eigenvalue weighted by molar-refractivity contribution is 5.85. The third-order valence-corrected chi connectivity index (χ3v) is 4.90. The maximum Gasteiger partial charge on any atom is 0.260 e. The van der Waals surface area contributed by atoms with Crippen molar-refractivity contribution in [3.05, 3.63) is 65.4 Å². The molecule has 4 heteroatoms. The average Bonchev–Trinajstić information content (AvgIpc) is 2.85. The molecule has 3 aromatic rings. The number of amides is 1. The lowest BCUT2D eigenvalue weighted by Gasteiger charge is -2.20. The first-order valence-corrected chi connectivity index (χ1v) is 8.76. The molecule has 2 aromatic carbocycles. The Balaban J connectivity index is 1.41. The number of hydrogen-bond donors (Lipinski definition) is 1. The van der Waals surface area contributed by atoms with Gasteiger partial charge in [0.15, 0.2) is 6.61 Å². The van der Waals surface area contributed by atoms with E-state index < -0.39 is 0 Å². The monoisotopic (exact) mass is 334 g/mol. The first kappa shape index (κ1) is 15.8. The number of nitrogens with zero attached hydrogens (tertiary/aromatic N) is 1. The molecule has 1 amide bonds. The van der Waals surface area contributed by atoms with Crippen molar-refractivity contribution in [3.63, 3.8) is 0 Å². The van der Waals surface area contributed by atoms with Gasteiger partial charge in [0.2, 0.25) is 0 Å². The van der Waals surface area contributed by atoms with Gasteiger partial charge in [-0.1, -0.05) is 35.9 Å². The fraction of sp³-hybridized carbons (Fsp3) is 0.286. The van der Waals surface area contributed by atoms with Crippen LogP contribution in [0.2, 0.25) is 0 Å². The van der Waals surface area contributed by atoms with Crippen LogP contribution < -0.4 is 4.74 Å². The second-order valence-electron chi connectivity index (χ2n) is 6.61. The summed E-state index contributed by atoms with van der Waals surface area (Å²) in [5.41, 5.74) is 4.98. The van der Waals surface area contributed by atoms with E-state index in [4.69, 9.17) is 4.74 Å². The Bertz CT molecular complexity index is 896. The molecular weight excluding hydrogens is 312 g/mol. The molecule has 4 rings (SSSR count). The zero-order valence-electron chi connectivity index (χ0n) is 14.4. The second-order valence-corrected chi connectivity index (χ2v) is 6.61. The summed E-state index contributed by atoms with van der Waals surface area (Å²) in [4.78, 5) is 17.9. The Morgan fingerprint density at radius 2 is 1.84 bits per heavy atom. The lowest BCUT2D eigenvalue weighted by Crippen LogP contribution is -2.36. The minimum Gasteiger partial charge on any atom is -0.484 e. The Hall–Kier alpha value is -2.75. The van der Waals surface area contributed by atoms with Gasteiger partial charge in [-0.3, -0.25) is 4.79 Å². The molecule has 4 nitrogen and oxygen atoms in total. The maximum atomic E-state index is 12.5. The smallest absolute Gasteiger partial charge is 0.260 e. The van der Waals surface area contributed by atoms with Crippen LogP contribution in [0, 0.1) is 6.92 Å². The molecule has 0 unspecified atom stereocenters. The van der Waals surface area contributed by atoms with Crippen LogP contribution in [0.25, 0.3) is 10.9 Å². The molecule has 0 saturated heterocycles. The standard InChI is InChI=1S/C21H22N2O2/c1-15-6-8-16(9-7-15)25-14-21(24)23-12-10-18-17-4-2-3-5-19(17)22-20(18)11-13-23/h2-9,22H,10-14H2,1H3. The van der Waals surface area contributed by atoms with Gasteiger partial charge in [0.25, 0.3) is 5.91 Å². The minimum absolute atomic E-state index is 0.0510. The van der Waals surface area contributed by atoms with Gasteiger partial charge >= 0.3 is 0 Å². The molecule has 0 atom stereocenters. The SMILES string of the molecule is Cc1ccc(OCC(=O)N2CCc3[nH]c4ccccc4c3CC2)cc1. The third kappa shape index (κ3) is 3.25. The van der Waals surface area contributed by atoms with E-state index in [0.717, 1.165) is 31.7 Å². The fourth-order valence-corrected chi connectivity index (χ4v) is 3.48. The largest absolute Gasteiger partial charge is 0.484 e. The van der Waals surface area contributed by atoms with Crippen LogP contribution in [-0.4, -0.2) is 35.5 Å². The third-order valence-electron chi connectivity index (χ3n) is 4.90. The summed E-state index contributed by atoms with van der Waals surface area (Å²) in [5.74, 6) is 0.792. The number of rotatable bonds is 3. The van der Waals surface area contributed by atoms with Gasteiger partial charge in [0.05, 0.1) is 0 Å². The average molecular weight is 334 g/mol. The molecule has 1 aromatic heterocycles. The molecular formula is C21H22N2O2. The molecule has 0 radical (unpaired) electrons. The summed E-state index contributed by atoms with van der Waals surface area (Å²) >= 11 is 0. The van der Waals surface area contributed by atoms with Gasteiger partial charge in [0.1, 0.15) is 5.75 Å². The number of carbonyl (C=O) groups is 1. The van der Waals surface area contributed by atoms with Crippen LogP contribution in [0.3, 0.4) is 0 Å². The summed E-state index contributed by atoms with van der Waals surface area (Å²) in [5, 5.41) is 1.28. The summed E-state index contributed by atoms with van der Waals surface area (Å²) in [6.45, 7) is 3.60. The van der Waals surface area contributed by atoms with Crippen molar-refractivity contribution < 1.29 is 9.53 Å². The van der Waals surface area contributed by atoms with Crippen molar-refractivity contribution in [1.82, 2.24) is 9.88 Å². The van der Waals surface area contributed by atoms with Gasteiger partial charge in [-0.2, -0.15) is 0 Å². The summed E-state index contributed by atoms with van der Waals surface area (Å²) < 4.78 is 5.65. The zero-order chi connectivity index (χ0) is 17.2. The Morgan fingerprint density at radius 1 is 1.08 bits per heavy atom. The van der Waals surface area contributed by atoms with E-state index in [9.17, 15) is 4.79 Å². The molecule has 1 aliphatic heterocycles. The first-order valence-electron chi connectivity index (χ1n) is 8.76. The van der Waals surface area contributed by atoms with Crippen molar-refractivity contribution in [1.29, 1.82) is 0 Å². The number of H-pyrrole nitrogens is 1. The van der Waals surface area contributed by atoms with Crippen LogP contribution in [0.5, 0.6) is 5.75 Å². The fourth-order valence-electron chi connectivity index (χ4n) is 3.48. The van der Waals surface area contributed by atoms with Gasteiger partial charge in [-0.05, 0) is 37.1 Å². The Kier molecular flexibility index (Phi) is 4.18. The van der Waals surface area contributed by atoms with Gasteiger partial charge in [-0.15, -0.1) is 0 Å². The van der Waals surface area contributed by atoms with E-state index in [1.54, 1.807) is 0 Å². The molecule has 1 aliphatic rings. The maximum absolute atomic E-state index is 12.5. The molecule has 0 bridgehead atoms. The first-order chi connectivity index (χ1) is 12.2. The molecule has 0 aliphatic carbocycles. The van der Waals surface area contributed by atoms with Crippen LogP contribution >= 0.6 is 0 Å². The normalized spacial score (nSPS) is 14.2. The van der Waals surface area contributed by atoms with Crippen LogP contribution in [0.4, 0.5) is 0 Å². The van der Waals surface area contributed by atoms with E-state index >= 15 is 0 Å². The predicted molar refractivity (Wildman–Crippen MR) is 99.0 cm³/mol. The zero-order valence-corrected chi connectivity index (χ0v) is 14.4. The summed E-state index contributed by atoms with van der Waals surface area (Å²) in [7, 11) is 0. The van der Waals surface area contributed by atoms with Crippen molar-refractivity contribution in [2.24, 2.45) is 0 Å². The van der Waals surface area contributed by atoms with E-state index in [1.807, 2.05) is 36.1 Å². The second kappa shape index (κ2) is 6.63. The number of aromatic amines is 1. The molecule has 2 heterocycles. The van der Waals surface area contributed by atoms with Crippen molar-refractivity contribution in [2.45, 2.75) is 19.8 Å². The molecule has 0 spiro atoms. The topological polar surface area (TPSA) is 45.3 Å². The lowest BCUT2D eigenvalue weighted by atomic mass is 10.1. The number of para-hydroxylation sites is 1. The number of aromatic nitrogens is 1. The summed E-state index contributed by atoms with van der Waals surface area (Å²) in [6, 6.07) is 16.2. The van der Waals surface area contributed by atoms with Gasteiger partial charge in [-0.25, -0.2) is 0 Å². The quantitative estimate of drug-likeness (QED) is 0.797. The molecule has 0 fully saturated rings. The highest BCUT2D eigenvalue weighted by atomic mass is 16.5. The minimum atomic E-state index is 0.0510. The van der Waals surface area contributed by atoms with Crippen molar-refractivity contribution in [2.75, 3.05) is 19.7 Å². The van der Waals surface area contributed by atoms with Crippen LogP contribution in [0.15, 0.2) is 48.5 Å². The number of hydrogen-bond acceptors (Lipinski definition) is 2. The lowest BCUT2D eigenvalue weighted by molar-refractivity contribution is -0.133. The van der Waals surface area contributed by atoms with E-state index in [-0.39, 0.29) is 12.5 Å². The number of aryl methyl sites for hydroxylation is 1. The number of carbonyl (C=O) groups excluding carboxylic acids is 1. The van der Waals surface area contributed by atoms with Crippen molar-refractivity contribution in [3.8, 4) is 5.75 Å². The summed E-state index contributed by atoms with van der Waals surface area (Å²) in [6.07, 6.45) is 1.75. The van der Waals surface area contributed by atoms with Crippen LogP contribution in [-0.2, 0) is 17.6 Å². The molecule has 1 N–H and O–H groups in total. The molecule has 25 heavy (non-hydrogen) atoms. The van der Waals surface area contributed by atoms with Crippen LogP contribution in [0.1, 0.15) is 16.8 Å². The number of ether oxygens (including phenoxy) is 1. The highest BCUT2D eigenvalue weighted by Crippen LogP contribution is 2.25. The number of nitrogens with one attached hydrogen (secondary N) is 1. The van der Waals surface area contributed by atoms with E-state index in [0.29, 0.717) is 0 Å². The number of fused-ring (bicyclic) bond motifs is 3. The Labute approximate surface area is 147 Å². The van der Waals surface area contributed by atoms with E-state index in [1.165, 1.54) is 27.7 Å².